The van der Waals surface area contributed by atoms with Crippen molar-refractivity contribution in [2.75, 3.05) is 6.54 Å². The molecule has 0 bridgehead atoms. The Kier molecular flexibility index (Phi) is 7.16. The van der Waals surface area contributed by atoms with Crippen LogP contribution in [0.2, 0.25) is 0 Å². The number of carbonyl (C=O) groups is 3. The molecule has 0 saturated carbocycles. The molecule has 154 valence electrons. The summed E-state index contributed by atoms with van der Waals surface area (Å²) in [6.45, 7) is 1.55. The van der Waals surface area contributed by atoms with Gasteiger partial charge in [0.1, 0.15) is 6.54 Å². The van der Waals surface area contributed by atoms with Gasteiger partial charge in [-0.1, -0.05) is 72.8 Å². The van der Waals surface area contributed by atoms with Gasteiger partial charge in [-0.15, -0.1) is 0 Å². The fourth-order valence-electron chi connectivity index (χ4n) is 3.07. The Balaban J connectivity index is 1.43. The average molecular weight is 404 g/mol. The fraction of sp³-hybridized carbons (Fsp3) is 0.208. The Hall–Kier alpha value is -3.67. The summed E-state index contributed by atoms with van der Waals surface area (Å²) in [6, 6.07) is 23.0. The van der Waals surface area contributed by atoms with Gasteiger partial charge in [0.05, 0.1) is 6.42 Å². The van der Waals surface area contributed by atoms with Crippen molar-refractivity contribution in [3.05, 3.63) is 83.9 Å². The molecule has 0 saturated heterocycles. The SMILES string of the molecule is C[C@@H](OC(=O)CNC(=O)Cc1cccc2ccccc12)C(=O)NCc1ccccc1. The van der Waals surface area contributed by atoms with Gasteiger partial charge >= 0.3 is 5.97 Å². The molecule has 6 nitrogen and oxygen atoms in total. The molecule has 0 aromatic heterocycles. The third-order valence-electron chi connectivity index (χ3n) is 4.65. The van der Waals surface area contributed by atoms with Crippen LogP contribution in [0.25, 0.3) is 10.8 Å². The summed E-state index contributed by atoms with van der Waals surface area (Å²) >= 11 is 0. The number of amides is 2. The van der Waals surface area contributed by atoms with E-state index in [2.05, 4.69) is 10.6 Å². The van der Waals surface area contributed by atoms with Gasteiger partial charge in [-0.25, -0.2) is 0 Å². The summed E-state index contributed by atoms with van der Waals surface area (Å²) < 4.78 is 5.11. The summed E-state index contributed by atoms with van der Waals surface area (Å²) in [5, 5.41) is 7.32. The lowest BCUT2D eigenvalue weighted by molar-refractivity contribution is -0.154. The summed E-state index contributed by atoms with van der Waals surface area (Å²) in [4.78, 5) is 36.3. The molecule has 30 heavy (non-hydrogen) atoms. The van der Waals surface area contributed by atoms with Crippen molar-refractivity contribution in [2.24, 2.45) is 0 Å². The van der Waals surface area contributed by atoms with Gasteiger partial charge in [-0.2, -0.15) is 0 Å². The van der Waals surface area contributed by atoms with Crippen molar-refractivity contribution in [2.45, 2.75) is 26.0 Å². The predicted molar refractivity (Wildman–Crippen MR) is 115 cm³/mol. The smallest absolute Gasteiger partial charge is 0.326 e. The first-order valence-corrected chi connectivity index (χ1v) is 9.77. The van der Waals surface area contributed by atoms with Crippen molar-refractivity contribution >= 4 is 28.6 Å². The van der Waals surface area contributed by atoms with Crippen molar-refractivity contribution in [1.29, 1.82) is 0 Å². The first-order valence-electron chi connectivity index (χ1n) is 9.77. The van der Waals surface area contributed by atoms with Crippen molar-refractivity contribution < 1.29 is 19.1 Å². The van der Waals surface area contributed by atoms with E-state index in [-0.39, 0.29) is 18.9 Å². The van der Waals surface area contributed by atoms with Crippen molar-refractivity contribution in [1.82, 2.24) is 10.6 Å². The minimum absolute atomic E-state index is 0.155. The highest BCUT2D eigenvalue weighted by Gasteiger charge is 2.18. The molecule has 3 aromatic rings. The van der Waals surface area contributed by atoms with E-state index in [1.54, 1.807) is 0 Å². The molecule has 0 fully saturated rings. The van der Waals surface area contributed by atoms with Gasteiger partial charge in [0, 0.05) is 6.54 Å². The standard InChI is InChI=1S/C24H24N2O4/c1-17(24(29)26-15-18-8-3-2-4-9-18)30-23(28)16-25-22(27)14-20-12-7-11-19-10-5-6-13-21(19)20/h2-13,17H,14-16H2,1H3,(H,25,27)(H,26,29)/t17-/m1/s1. The van der Waals surface area contributed by atoms with Gasteiger partial charge < -0.3 is 15.4 Å². The fourth-order valence-corrected chi connectivity index (χ4v) is 3.07. The van der Waals surface area contributed by atoms with Gasteiger partial charge in [0.15, 0.2) is 6.10 Å². The molecule has 0 aliphatic carbocycles. The van der Waals surface area contributed by atoms with Crippen LogP contribution in [0.4, 0.5) is 0 Å². The Bertz CT molecular complexity index is 1030. The highest BCUT2D eigenvalue weighted by Crippen LogP contribution is 2.18. The van der Waals surface area contributed by atoms with E-state index in [0.717, 1.165) is 21.9 Å². The molecule has 0 unspecified atom stereocenters. The van der Waals surface area contributed by atoms with E-state index < -0.39 is 18.0 Å². The third-order valence-corrected chi connectivity index (χ3v) is 4.65. The number of hydrogen-bond acceptors (Lipinski definition) is 4. The lowest BCUT2D eigenvalue weighted by Crippen LogP contribution is -2.38. The Morgan fingerprint density at radius 1 is 0.867 bits per heavy atom. The second kappa shape index (κ2) is 10.2. The molecule has 1 atom stereocenters. The summed E-state index contributed by atoms with van der Waals surface area (Å²) in [5.41, 5.74) is 1.83. The van der Waals surface area contributed by atoms with Gasteiger partial charge in [0.2, 0.25) is 5.91 Å². The molecular formula is C24H24N2O4. The quantitative estimate of drug-likeness (QED) is 0.566. The third kappa shape index (κ3) is 5.91. The van der Waals surface area contributed by atoms with E-state index >= 15 is 0 Å². The molecule has 0 aliphatic heterocycles. The number of rotatable bonds is 8. The van der Waals surface area contributed by atoms with Crippen LogP contribution >= 0.6 is 0 Å². The number of ether oxygens (including phenoxy) is 1. The molecule has 3 rings (SSSR count). The maximum Gasteiger partial charge on any atom is 0.326 e. The highest BCUT2D eigenvalue weighted by molar-refractivity contribution is 5.91. The molecule has 3 aromatic carbocycles. The van der Waals surface area contributed by atoms with Crippen molar-refractivity contribution in [3.63, 3.8) is 0 Å². The normalized spacial score (nSPS) is 11.5. The number of esters is 1. The van der Waals surface area contributed by atoms with Crippen LogP contribution in [0.15, 0.2) is 72.8 Å². The van der Waals surface area contributed by atoms with E-state index in [1.165, 1.54) is 6.92 Å². The summed E-state index contributed by atoms with van der Waals surface area (Å²) in [5.74, 6) is -1.34. The topological polar surface area (TPSA) is 84.5 Å². The molecule has 0 aliphatic rings. The zero-order valence-electron chi connectivity index (χ0n) is 16.8. The van der Waals surface area contributed by atoms with Gasteiger partial charge in [-0.05, 0) is 28.8 Å². The number of fused-ring (bicyclic) bond motifs is 1. The molecule has 6 heteroatoms. The second-order valence-corrected chi connectivity index (χ2v) is 6.93. The minimum atomic E-state index is -0.948. The van der Waals surface area contributed by atoms with Crippen molar-refractivity contribution in [3.8, 4) is 0 Å². The van der Waals surface area contributed by atoms with Crippen LogP contribution < -0.4 is 10.6 Å². The first-order chi connectivity index (χ1) is 14.5. The number of hydrogen-bond donors (Lipinski definition) is 2. The van der Waals surface area contributed by atoms with Crippen LogP contribution in [-0.4, -0.2) is 30.4 Å². The van der Waals surface area contributed by atoms with Gasteiger partial charge in [0.25, 0.3) is 5.91 Å². The van der Waals surface area contributed by atoms with E-state index in [4.69, 9.17) is 4.74 Å². The van der Waals surface area contributed by atoms with Crippen LogP contribution in [0.5, 0.6) is 0 Å². The first kappa shape index (κ1) is 21.0. The second-order valence-electron chi connectivity index (χ2n) is 6.93. The lowest BCUT2D eigenvalue weighted by Gasteiger charge is -2.14. The van der Waals surface area contributed by atoms with Gasteiger partial charge in [-0.3, -0.25) is 14.4 Å². The zero-order chi connectivity index (χ0) is 21.3. The Labute approximate surface area is 175 Å². The predicted octanol–water partition coefficient (Wildman–Crippen LogP) is 2.75. The summed E-state index contributed by atoms with van der Waals surface area (Å²) in [7, 11) is 0. The largest absolute Gasteiger partial charge is 0.451 e. The Morgan fingerprint density at radius 3 is 2.37 bits per heavy atom. The average Bonchev–Trinajstić information content (AvgIpc) is 2.77. The molecular weight excluding hydrogens is 380 g/mol. The highest BCUT2D eigenvalue weighted by atomic mass is 16.5. The summed E-state index contributed by atoms with van der Waals surface area (Å²) in [6.07, 6.45) is -0.793. The van der Waals surface area contributed by atoms with E-state index in [1.807, 2.05) is 72.8 Å². The molecule has 2 N–H and O–H groups in total. The monoisotopic (exact) mass is 404 g/mol. The number of carbonyl (C=O) groups excluding carboxylic acids is 3. The number of benzene rings is 3. The maximum absolute atomic E-state index is 12.2. The molecule has 0 spiro atoms. The van der Waals surface area contributed by atoms with E-state index in [0.29, 0.717) is 6.54 Å². The lowest BCUT2D eigenvalue weighted by atomic mass is 10.0. The van der Waals surface area contributed by atoms with Crippen LogP contribution in [0.3, 0.4) is 0 Å². The van der Waals surface area contributed by atoms with Crippen LogP contribution in [0, 0.1) is 0 Å². The maximum atomic E-state index is 12.2. The molecule has 0 radical (unpaired) electrons. The van der Waals surface area contributed by atoms with E-state index in [9.17, 15) is 14.4 Å². The minimum Gasteiger partial charge on any atom is -0.451 e. The molecule has 2 amide bonds. The molecule has 0 heterocycles. The number of nitrogens with one attached hydrogen (secondary N) is 2. The zero-order valence-corrected chi connectivity index (χ0v) is 16.8. The Morgan fingerprint density at radius 2 is 1.57 bits per heavy atom. The van der Waals surface area contributed by atoms with Crippen LogP contribution in [0.1, 0.15) is 18.1 Å². The van der Waals surface area contributed by atoms with Crippen LogP contribution in [-0.2, 0) is 32.1 Å².